The second-order valence-corrected chi connectivity index (χ2v) is 15.8. The summed E-state index contributed by atoms with van der Waals surface area (Å²) >= 11 is 0. The molecule has 278 valence electrons. The Kier molecular flexibility index (Phi) is 14.3. The number of alkyl carbamates (subject to hydrolysis) is 2. The molecule has 0 bridgehead atoms. The van der Waals surface area contributed by atoms with Gasteiger partial charge < -0.3 is 34.3 Å². The van der Waals surface area contributed by atoms with Crippen LogP contribution >= 0.6 is 0 Å². The van der Waals surface area contributed by atoms with Gasteiger partial charge in [-0.25, -0.2) is 9.59 Å². The lowest BCUT2D eigenvalue weighted by molar-refractivity contribution is -0.174. The van der Waals surface area contributed by atoms with Crippen molar-refractivity contribution in [3.05, 3.63) is 0 Å². The highest BCUT2D eigenvalue weighted by atomic mass is 16.6. The van der Waals surface area contributed by atoms with Crippen molar-refractivity contribution in [1.29, 1.82) is 0 Å². The Hall–Kier alpha value is -3.44. The Morgan fingerprint density at radius 1 is 0.640 bits per heavy atom. The first kappa shape index (κ1) is 39.3. The topological polar surface area (TPSA) is 138 Å². The maximum atomic E-state index is 12.8. The van der Waals surface area contributed by atoms with E-state index < -0.39 is 47.2 Å². The average molecular weight is 699 g/mol. The zero-order chi connectivity index (χ0) is 36.3. The molecule has 0 aromatic carbocycles. The van der Waals surface area contributed by atoms with E-state index in [-0.39, 0.29) is 26.3 Å². The van der Waals surface area contributed by atoms with Crippen LogP contribution in [0.25, 0.3) is 0 Å². The van der Waals surface area contributed by atoms with Gasteiger partial charge in [0.05, 0.1) is 43.9 Å². The fraction of sp³-hybridized carbons (Fsp3) is 0.795. The Balaban J connectivity index is 1.03. The van der Waals surface area contributed by atoms with Crippen LogP contribution in [0.4, 0.5) is 9.59 Å². The van der Waals surface area contributed by atoms with Gasteiger partial charge in [-0.05, 0) is 88.9 Å². The Bertz CT molecular complexity index is 1290. The van der Waals surface area contributed by atoms with Crippen LogP contribution in [-0.4, -0.2) is 74.8 Å². The summed E-state index contributed by atoms with van der Waals surface area (Å²) in [7, 11) is 0. The van der Waals surface area contributed by atoms with E-state index in [2.05, 4.69) is 34.3 Å². The maximum Gasteiger partial charge on any atom is 0.407 e. The molecular weight excluding hydrogens is 640 g/mol. The van der Waals surface area contributed by atoms with Gasteiger partial charge in [-0.15, -0.1) is 23.7 Å². The largest absolute Gasteiger partial charge is 0.465 e. The summed E-state index contributed by atoms with van der Waals surface area (Å²) in [4.78, 5) is 49.8. The molecule has 0 aliphatic heterocycles. The van der Waals surface area contributed by atoms with E-state index in [1.54, 1.807) is 27.7 Å². The third-order valence-corrected chi connectivity index (χ3v) is 10.5. The summed E-state index contributed by atoms with van der Waals surface area (Å²) in [6, 6.07) is 0. The molecule has 0 saturated heterocycles. The lowest BCUT2D eigenvalue weighted by Crippen LogP contribution is -2.41. The number of ether oxygens (including phenoxy) is 5. The molecule has 2 N–H and O–H groups in total. The van der Waals surface area contributed by atoms with Crippen LogP contribution in [0.15, 0.2) is 0 Å². The summed E-state index contributed by atoms with van der Waals surface area (Å²) in [5.74, 6) is 13.9. The zero-order valence-electron chi connectivity index (χ0n) is 30.9. The van der Waals surface area contributed by atoms with Gasteiger partial charge in [0.2, 0.25) is 0 Å². The third kappa shape index (κ3) is 12.7. The second-order valence-electron chi connectivity index (χ2n) is 15.8. The summed E-state index contributed by atoms with van der Waals surface area (Å²) < 4.78 is 28.1. The number of hydrogen-bond donors (Lipinski definition) is 2. The van der Waals surface area contributed by atoms with Crippen molar-refractivity contribution in [2.75, 3.05) is 39.5 Å². The van der Waals surface area contributed by atoms with Crippen molar-refractivity contribution in [1.82, 2.24) is 10.6 Å². The van der Waals surface area contributed by atoms with Gasteiger partial charge in [0.1, 0.15) is 5.60 Å². The molecule has 50 heavy (non-hydrogen) atoms. The Morgan fingerprint density at radius 3 is 1.50 bits per heavy atom. The molecule has 2 fully saturated rings. The lowest BCUT2D eigenvalue weighted by Gasteiger charge is -2.32. The van der Waals surface area contributed by atoms with Gasteiger partial charge in [-0.3, -0.25) is 9.59 Å². The molecule has 2 saturated carbocycles. The van der Waals surface area contributed by atoms with Crippen LogP contribution in [-0.2, 0) is 33.3 Å². The lowest BCUT2D eigenvalue weighted by atomic mass is 10.0. The van der Waals surface area contributed by atoms with Gasteiger partial charge in [0, 0.05) is 45.2 Å². The Labute approximate surface area is 298 Å². The quantitative estimate of drug-likeness (QED) is 0.112. The van der Waals surface area contributed by atoms with Crippen molar-refractivity contribution >= 4 is 24.1 Å². The summed E-state index contributed by atoms with van der Waals surface area (Å²) in [6.07, 6.45) is 7.29. The van der Waals surface area contributed by atoms with Gasteiger partial charge in [0.25, 0.3) is 0 Å². The van der Waals surface area contributed by atoms with E-state index in [0.29, 0.717) is 55.1 Å². The number of hydrogen-bond acceptors (Lipinski definition) is 9. The van der Waals surface area contributed by atoms with Crippen molar-refractivity contribution < 1.29 is 42.9 Å². The smallest absolute Gasteiger partial charge is 0.407 e. The molecule has 4 unspecified atom stereocenters. The molecular formula is C39H58N2O9. The minimum absolute atomic E-state index is 0.101. The van der Waals surface area contributed by atoms with Crippen LogP contribution in [0.2, 0.25) is 0 Å². The molecule has 11 heteroatoms. The fourth-order valence-corrected chi connectivity index (χ4v) is 7.03. The average Bonchev–Trinajstić information content (AvgIpc) is 3.91. The highest BCUT2D eigenvalue weighted by Gasteiger charge is 2.50. The summed E-state index contributed by atoms with van der Waals surface area (Å²) in [5, 5.41) is 5.36. The molecule has 0 spiro atoms. The van der Waals surface area contributed by atoms with Gasteiger partial charge in [-0.1, -0.05) is 13.8 Å². The number of amides is 2. The highest BCUT2D eigenvalue weighted by Crippen LogP contribution is 2.53. The molecule has 0 heterocycles. The van der Waals surface area contributed by atoms with E-state index in [1.165, 1.54) is 0 Å². The molecule has 0 radical (unpaired) electrons. The molecule has 0 aromatic heterocycles. The van der Waals surface area contributed by atoms with Gasteiger partial charge in [-0.2, -0.15) is 0 Å². The van der Waals surface area contributed by atoms with Crippen molar-refractivity contribution in [2.45, 2.75) is 111 Å². The number of carbonyl (C=O) groups is 4. The highest BCUT2D eigenvalue weighted by molar-refractivity contribution is 5.74. The predicted molar refractivity (Wildman–Crippen MR) is 186 cm³/mol. The third-order valence-electron chi connectivity index (χ3n) is 10.5. The first-order chi connectivity index (χ1) is 23.8. The fourth-order valence-electron chi connectivity index (χ4n) is 7.03. The molecule has 4 aliphatic carbocycles. The van der Waals surface area contributed by atoms with Crippen molar-refractivity contribution in [3.63, 3.8) is 0 Å². The Morgan fingerprint density at radius 2 is 1.06 bits per heavy atom. The first-order valence-electron chi connectivity index (χ1n) is 18.5. The monoisotopic (exact) mass is 698 g/mol. The standard InChI is InChI=1S/C39H58N2O9/c1-26(21-40-36(44)47-23-32-28-15-11-7-8-12-16-29(28)32)34(42)46-20-19-38(3,4)49-25-39(5,6)50-35(43)27(2)22-41-37(45)48-24-33-30-17-13-9-10-14-18-31(30)33/h26-33H,11-25H2,1-6H3,(H,40,44)(H,41,45)/t26?,27?,28-,29+,30-,31+,32?,33?. The van der Waals surface area contributed by atoms with Crippen LogP contribution in [0.3, 0.4) is 0 Å². The molecule has 2 amide bonds. The number of nitrogens with one attached hydrogen (secondary N) is 2. The van der Waals surface area contributed by atoms with Crippen LogP contribution in [0, 0.1) is 71.0 Å². The van der Waals surface area contributed by atoms with Crippen LogP contribution in [0.1, 0.15) is 99.3 Å². The summed E-state index contributed by atoms with van der Waals surface area (Å²) in [5.41, 5.74) is -1.59. The van der Waals surface area contributed by atoms with E-state index >= 15 is 0 Å². The minimum Gasteiger partial charge on any atom is -0.465 e. The van der Waals surface area contributed by atoms with E-state index in [1.807, 2.05) is 13.8 Å². The molecule has 11 nitrogen and oxygen atoms in total. The molecule has 4 aliphatic rings. The molecule has 4 rings (SSSR count). The van der Waals surface area contributed by atoms with Crippen molar-refractivity contribution in [3.8, 4) is 23.7 Å². The minimum atomic E-state index is -0.928. The first-order valence-corrected chi connectivity index (χ1v) is 18.5. The van der Waals surface area contributed by atoms with Crippen molar-refractivity contribution in [2.24, 2.45) is 47.3 Å². The second kappa shape index (κ2) is 18.2. The number of carbonyl (C=O) groups excluding carboxylic acids is 4. The van der Waals surface area contributed by atoms with Gasteiger partial charge >= 0.3 is 24.1 Å². The van der Waals surface area contributed by atoms with Crippen LogP contribution in [0.5, 0.6) is 0 Å². The summed E-state index contributed by atoms with van der Waals surface area (Å²) in [6.45, 7) is 11.9. The maximum absolute atomic E-state index is 12.8. The van der Waals surface area contributed by atoms with E-state index in [9.17, 15) is 19.2 Å². The van der Waals surface area contributed by atoms with E-state index in [0.717, 1.165) is 51.4 Å². The number of rotatable bonds is 17. The predicted octanol–water partition coefficient (Wildman–Crippen LogP) is 5.64. The molecule has 0 aromatic rings. The van der Waals surface area contributed by atoms with Crippen LogP contribution < -0.4 is 10.6 Å². The SMILES string of the molecule is CC(CNC(=O)OCC1[C@H]2CCC#CCC[C@@H]12)C(=O)OCCC(C)(C)OCC(C)(C)OC(=O)C(C)CNC(=O)OCC1[C@H]2CCC#CCC[C@@H]12. The zero-order valence-corrected chi connectivity index (χ0v) is 30.9. The number of esters is 2. The molecule has 8 atom stereocenters. The normalized spacial score (nSPS) is 26.4. The van der Waals surface area contributed by atoms with Gasteiger partial charge in [0.15, 0.2) is 0 Å². The number of fused-ring (bicyclic) bond motifs is 2. The van der Waals surface area contributed by atoms with E-state index in [4.69, 9.17) is 23.7 Å².